The number of carbonyl (C=O) groups excluding carboxylic acids is 1. The minimum absolute atomic E-state index is 0.0396. The number of aromatic nitrogens is 1. The molecule has 1 aliphatic rings. The van der Waals surface area contributed by atoms with Gasteiger partial charge in [0.05, 0.1) is 13.2 Å². The summed E-state index contributed by atoms with van der Waals surface area (Å²) in [6.45, 7) is 1.64. The fraction of sp³-hybridized carbons (Fsp3) is 0.200. The van der Waals surface area contributed by atoms with Crippen molar-refractivity contribution < 1.29 is 9.53 Å². The Bertz CT molecular complexity index is 906. The Morgan fingerprint density at radius 2 is 1.92 bits per heavy atom. The number of hydrogen-bond donors (Lipinski definition) is 0. The molecule has 0 N–H and O–H groups in total. The molecule has 1 amide bonds. The van der Waals surface area contributed by atoms with Crippen LogP contribution in [0.15, 0.2) is 65.3 Å². The molecule has 3 aromatic rings. The molecule has 5 heteroatoms. The van der Waals surface area contributed by atoms with Crippen molar-refractivity contribution in [1.82, 2.24) is 9.88 Å². The average Bonchev–Trinajstić information content (AvgIpc) is 2.68. The van der Waals surface area contributed by atoms with E-state index in [0.29, 0.717) is 25.4 Å². The van der Waals surface area contributed by atoms with E-state index >= 15 is 0 Å². The third-order valence-electron chi connectivity index (χ3n) is 4.47. The fourth-order valence-corrected chi connectivity index (χ4v) is 3.42. The van der Waals surface area contributed by atoms with E-state index in [2.05, 4.69) is 20.9 Å². The summed E-state index contributed by atoms with van der Waals surface area (Å²) in [5.41, 5.74) is 1.58. The van der Waals surface area contributed by atoms with Gasteiger partial charge in [-0.05, 0) is 29.1 Å². The van der Waals surface area contributed by atoms with Crippen LogP contribution in [0.25, 0.3) is 10.8 Å². The molecule has 0 saturated carbocycles. The first kappa shape index (κ1) is 16.2. The molecule has 1 unspecified atom stereocenters. The number of amides is 1. The number of carbonyl (C=O) groups is 1. The summed E-state index contributed by atoms with van der Waals surface area (Å²) in [5, 5.41) is 1.92. The molecule has 2 aromatic carbocycles. The molecule has 1 saturated heterocycles. The van der Waals surface area contributed by atoms with Gasteiger partial charge in [-0.2, -0.15) is 0 Å². The van der Waals surface area contributed by atoms with Crippen LogP contribution in [0.5, 0.6) is 0 Å². The predicted octanol–water partition coefficient (Wildman–Crippen LogP) is 4.21. The first-order valence-corrected chi connectivity index (χ1v) is 9.02. The molecule has 4 rings (SSSR count). The van der Waals surface area contributed by atoms with Crippen LogP contribution < -0.4 is 0 Å². The van der Waals surface area contributed by atoms with Crippen LogP contribution in [0.2, 0.25) is 0 Å². The van der Waals surface area contributed by atoms with Crippen molar-refractivity contribution in [3.8, 4) is 0 Å². The number of fused-ring (bicyclic) bond motifs is 1. The Kier molecular flexibility index (Phi) is 4.51. The van der Waals surface area contributed by atoms with Crippen LogP contribution in [0, 0.1) is 0 Å². The zero-order chi connectivity index (χ0) is 17.2. The van der Waals surface area contributed by atoms with Crippen LogP contribution in [0.1, 0.15) is 22.2 Å². The lowest BCUT2D eigenvalue weighted by Crippen LogP contribution is -2.42. The second-order valence-corrected chi connectivity index (χ2v) is 6.96. The molecule has 0 bridgehead atoms. The van der Waals surface area contributed by atoms with E-state index in [1.54, 1.807) is 6.20 Å². The van der Waals surface area contributed by atoms with E-state index in [0.717, 1.165) is 20.8 Å². The Morgan fingerprint density at radius 3 is 2.76 bits per heavy atom. The molecule has 25 heavy (non-hydrogen) atoms. The molecular weight excluding hydrogens is 380 g/mol. The lowest BCUT2D eigenvalue weighted by Gasteiger charge is -2.33. The number of pyridine rings is 1. The molecule has 1 atom stereocenters. The van der Waals surface area contributed by atoms with Crippen LogP contribution in [0.4, 0.5) is 0 Å². The Labute approximate surface area is 154 Å². The highest BCUT2D eigenvalue weighted by atomic mass is 79.9. The second kappa shape index (κ2) is 6.94. The third-order valence-corrected chi connectivity index (χ3v) is 5.00. The molecule has 1 fully saturated rings. The first-order chi connectivity index (χ1) is 12.2. The summed E-state index contributed by atoms with van der Waals surface area (Å²) in [4.78, 5) is 19.2. The highest BCUT2D eigenvalue weighted by Crippen LogP contribution is 2.26. The first-order valence-electron chi connectivity index (χ1n) is 8.22. The zero-order valence-electron chi connectivity index (χ0n) is 13.6. The maximum absolute atomic E-state index is 13.0. The van der Waals surface area contributed by atoms with E-state index in [1.807, 2.05) is 59.5 Å². The van der Waals surface area contributed by atoms with Crippen molar-refractivity contribution in [2.75, 3.05) is 19.7 Å². The van der Waals surface area contributed by atoms with Gasteiger partial charge in [0.15, 0.2) is 0 Å². The molecule has 0 radical (unpaired) electrons. The maximum atomic E-state index is 13.0. The van der Waals surface area contributed by atoms with E-state index in [-0.39, 0.29) is 12.0 Å². The zero-order valence-corrected chi connectivity index (χ0v) is 15.1. The number of nitrogens with zero attached hydrogens (tertiary/aromatic N) is 2. The Morgan fingerprint density at radius 1 is 1.12 bits per heavy atom. The largest absolute Gasteiger partial charge is 0.370 e. The van der Waals surface area contributed by atoms with Gasteiger partial charge in [-0.25, -0.2) is 0 Å². The number of rotatable bonds is 2. The standard InChI is InChI=1S/C20H17BrN2O2/c21-16-7-5-15(6-8-16)18-13-23(11-12-25-18)20(24)19-17-4-2-1-3-14(17)9-10-22-19/h1-10,18H,11-13H2. The van der Waals surface area contributed by atoms with E-state index in [1.165, 1.54) is 0 Å². The fourth-order valence-electron chi connectivity index (χ4n) is 3.15. The molecule has 2 heterocycles. The SMILES string of the molecule is O=C(c1nccc2ccccc12)N1CCOC(c2ccc(Br)cc2)C1. The Hall–Kier alpha value is -2.24. The van der Waals surface area contributed by atoms with E-state index in [4.69, 9.17) is 4.74 Å². The minimum atomic E-state index is -0.110. The van der Waals surface area contributed by atoms with Gasteiger partial charge in [0.2, 0.25) is 0 Å². The van der Waals surface area contributed by atoms with Crippen LogP contribution in [0.3, 0.4) is 0 Å². The van der Waals surface area contributed by atoms with Crippen molar-refractivity contribution in [3.63, 3.8) is 0 Å². The third kappa shape index (κ3) is 3.30. The molecule has 1 aliphatic heterocycles. The summed E-state index contributed by atoms with van der Waals surface area (Å²) >= 11 is 3.44. The van der Waals surface area contributed by atoms with Crippen molar-refractivity contribution in [1.29, 1.82) is 0 Å². The van der Waals surface area contributed by atoms with Gasteiger partial charge in [-0.3, -0.25) is 9.78 Å². The quantitative estimate of drug-likeness (QED) is 0.651. The minimum Gasteiger partial charge on any atom is -0.370 e. The Balaban J connectivity index is 1.60. The van der Waals surface area contributed by atoms with Gasteiger partial charge < -0.3 is 9.64 Å². The van der Waals surface area contributed by atoms with Crippen molar-refractivity contribution >= 4 is 32.6 Å². The molecule has 1 aromatic heterocycles. The van der Waals surface area contributed by atoms with Crippen molar-refractivity contribution in [2.24, 2.45) is 0 Å². The summed E-state index contributed by atoms with van der Waals surface area (Å²) in [6, 6.07) is 17.8. The monoisotopic (exact) mass is 396 g/mol. The highest BCUT2D eigenvalue weighted by Gasteiger charge is 2.27. The molecule has 126 valence electrons. The number of morpholine rings is 1. The van der Waals surface area contributed by atoms with Crippen molar-refractivity contribution in [3.05, 3.63) is 76.5 Å². The van der Waals surface area contributed by atoms with Gasteiger partial charge in [-0.1, -0.05) is 52.3 Å². The summed E-state index contributed by atoms with van der Waals surface area (Å²) in [5.74, 6) is -0.0396. The molecular formula is C20H17BrN2O2. The summed E-state index contributed by atoms with van der Waals surface area (Å²) < 4.78 is 6.91. The van der Waals surface area contributed by atoms with Gasteiger partial charge >= 0.3 is 0 Å². The van der Waals surface area contributed by atoms with Crippen LogP contribution in [-0.4, -0.2) is 35.5 Å². The van der Waals surface area contributed by atoms with Gasteiger partial charge in [0.25, 0.3) is 5.91 Å². The topological polar surface area (TPSA) is 42.4 Å². The predicted molar refractivity (Wildman–Crippen MR) is 100 cm³/mol. The maximum Gasteiger partial charge on any atom is 0.273 e. The number of halogens is 1. The van der Waals surface area contributed by atoms with Crippen LogP contribution >= 0.6 is 15.9 Å². The summed E-state index contributed by atoms with van der Waals surface area (Å²) in [7, 11) is 0. The van der Waals surface area contributed by atoms with Gasteiger partial charge in [0, 0.05) is 22.6 Å². The van der Waals surface area contributed by atoms with Crippen molar-refractivity contribution in [2.45, 2.75) is 6.10 Å². The normalized spacial score (nSPS) is 17.6. The van der Waals surface area contributed by atoms with Crippen LogP contribution in [-0.2, 0) is 4.74 Å². The van der Waals surface area contributed by atoms with Gasteiger partial charge in [-0.15, -0.1) is 0 Å². The number of hydrogen-bond acceptors (Lipinski definition) is 3. The molecule has 4 nitrogen and oxygen atoms in total. The lowest BCUT2D eigenvalue weighted by molar-refractivity contribution is -0.0229. The second-order valence-electron chi connectivity index (χ2n) is 6.04. The average molecular weight is 397 g/mol. The highest BCUT2D eigenvalue weighted by molar-refractivity contribution is 9.10. The van der Waals surface area contributed by atoms with Gasteiger partial charge in [0.1, 0.15) is 11.8 Å². The van der Waals surface area contributed by atoms with E-state index in [9.17, 15) is 4.79 Å². The molecule has 0 aliphatic carbocycles. The smallest absolute Gasteiger partial charge is 0.273 e. The summed E-state index contributed by atoms with van der Waals surface area (Å²) in [6.07, 6.45) is 1.59. The lowest BCUT2D eigenvalue weighted by atomic mass is 10.1. The number of ether oxygens (including phenoxy) is 1. The molecule has 0 spiro atoms. The number of benzene rings is 2. The van der Waals surface area contributed by atoms with E-state index < -0.39 is 0 Å².